The summed E-state index contributed by atoms with van der Waals surface area (Å²) in [4.78, 5) is 49.1. The molecule has 0 fully saturated rings. The maximum Gasteiger partial charge on any atom is 0.280 e. The summed E-state index contributed by atoms with van der Waals surface area (Å²) in [5.74, 6) is -1.53. The molecule has 1 atom stereocenters. The van der Waals surface area contributed by atoms with E-state index in [9.17, 15) is 24.5 Å². The van der Waals surface area contributed by atoms with Crippen LogP contribution in [0.1, 0.15) is 10.4 Å². The maximum absolute atomic E-state index is 12.7. The number of alkyl halides is 1. The molecule has 0 saturated carbocycles. The summed E-state index contributed by atoms with van der Waals surface area (Å²) in [6, 6.07) is 5.53. The number of ketones is 1. The Morgan fingerprint density at radius 3 is 2.70 bits per heavy atom. The number of carbonyl (C=O) groups is 2. The molecule has 0 spiro atoms. The Hall–Kier alpha value is -3.33. The normalized spacial score (nSPS) is 16.2. The molecule has 0 aliphatic carbocycles. The van der Waals surface area contributed by atoms with Gasteiger partial charge in [-0.05, 0) is 0 Å². The number of non-ortho nitro benzene ring substituents is 1. The van der Waals surface area contributed by atoms with E-state index in [1.54, 1.807) is 0 Å². The Morgan fingerprint density at radius 1 is 1.37 bits per heavy atom. The SMILES string of the molecule is C=CCn1nc(-c2cccc([N+](=O)[O-])c2)c2c(c1=O)C(=O)C(Cl)C(=O)N2C. The summed E-state index contributed by atoms with van der Waals surface area (Å²) in [6.07, 6.45) is 1.42. The number of carbonyl (C=O) groups excluding carboxylic acids is 2. The van der Waals surface area contributed by atoms with Crippen molar-refractivity contribution in [2.75, 3.05) is 11.9 Å². The number of fused-ring (bicyclic) bond motifs is 1. The monoisotopic (exact) mass is 388 g/mol. The third kappa shape index (κ3) is 2.91. The molecule has 2 aromatic rings. The molecule has 0 N–H and O–H groups in total. The zero-order valence-electron chi connectivity index (χ0n) is 14.1. The number of nitro groups is 1. The number of nitrogens with zero attached hydrogens (tertiary/aromatic N) is 4. The van der Waals surface area contributed by atoms with Gasteiger partial charge in [0.25, 0.3) is 17.2 Å². The number of hydrogen-bond acceptors (Lipinski definition) is 6. The summed E-state index contributed by atoms with van der Waals surface area (Å²) in [6.45, 7) is 3.55. The van der Waals surface area contributed by atoms with Crippen molar-refractivity contribution in [1.29, 1.82) is 0 Å². The molecule has 1 amide bonds. The van der Waals surface area contributed by atoms with E-state index in [2.05, 4.69) is 11.7 Å². The first-order valence-electron chi connectivity index (χ1n) is 7.74. The lowest BCUT2D eigenvalue weighted by atomic mass is 9.97. The molecule has 138 valence electrons. The predicted molar refractivity (Wildman–Crippen MR) is 98.2 cm³/mol. The van der Waals surface area contributed by atoms with Crippen molar-refractivity contribution >= 4 is 34.7 Å². The largest absolute Gasteiger partial charge is 0.311 e. The standard InChI is InChI=1S/C17H13ClN4O5/c1-3-7-21-16(24)11-14(20(2)17(25)12(18)15(11)23)13(19-21)9-5-4-6-10(8-9)22(26)27/h3-6,8,12H,1,7H2,2H3. The molecule has 1 unspecified atom stereocenters. The molecule has 0 saturated heterocycles. The fourth-order valence-electron chi connectivity index (χ4n) is 2.84. The summed E-state index contributed by atoms with van der Waals surface area (Å²) in [7, 11) is 1.36. The summed E-state index contributed by atoms with van der Waals surface area (Å²) >= 11 is 5.89. The van der Waals surface area contributed by atoms with Crippen LogP contribution in [0.5, 0.6) is 0 Å². The summed E-state index contributed by atoms with van der Waals surface area (Å²) < 4.78 is 1.01. The molecule has 9 nitrogen and oxygen atoms in total. The zero-order valence-corrected chi connectivity index (χ0v) is 14.8. The van der Waals surface area contributed by atoms with Gasteiger partial charge in [0.15, 0.2) is 11.2 Å². The molecular formula is C17H13ClN4O5. The minimum Gasteiger partial charge on any atom is -0.311 e. The van der Waals surface area contributed by atoms with Crippen LogP contribution < -0.4 is 10.5 Å². The number of hydrogen-bond donors (Lipinski definition) is 0. The smallest absolute Gasteiger partial charge is 0.280 e. The van der Waals surface area contributed by atoms with Gasteiger partial charge in [-0.1, -0.05) is 18.2 Å². The highest BCUT2D eigenvalue weighted by molar-refractivity contribution is 6.48. The molecular weight excluding hydrogens is 376 g/mol. The van der Waals surface area contributed by atoms with Crippen LogP contribution in [-0.2, 0) is 11.3 Å². The molecule has 3 rings (SSSR count). The Labute approximate surface area is 157 Å². The highest BCUT2D eigenvalue weighted by Gasteiger charge is 2.41. The number of amides is 1. The zero-order chi connectivity index (χ0) is 19.9. The van der Waals surface area contributed by atoms with Gasteiger partial charge in [0, 0.05) is 24.7 Å². The maximum atomic E-state index is 12.7. The molecule has 1 aliphatic rings. The number of nitro benzene ring substituents is 1. The number of aromatic nitrogens is 2. The van der Waals surface area contributed by atoms with Crippen molar-refractivity contribution in [2.45, 2.75) is 11.9 Å². The number of halogens is 1. The quantitative estimate of drug-likeness (QED) is 0.259. The van der Waals surface area contributed by atoms with Crippen LogP contribution in [-0.4, -0.2) is 38.8 Å². The van der Waals surface area contributed by atoms with Crippen LogP contribution >= 0.6 is 11.6 Å². The second-order valence-electron chi connectivity index (χ2n) is 5.78. The molecule has 1 aliphatic heterocycles. The van der Waals surface area contributed by atoms with Crippen molar-refractivity contribution in [1.82, 2.24) is 9.78 Å². The van der Waals surface area contributed by atoms with E-state index in [1.807, 2.05) is 0 Å². The first-order chi connectivity index (χ1) is 12.8. The van der Waals surface area contributed by atoms with Crippen LogP contribution in [0.2, 0.25) is 0 Å². The van der Waals surface area contributed by atoms with Crippen molar-refractivity contribution in [3.8, 4) is 11.3 Å². The summed E-state index contributed by atoms with van der Waals surface area (Å²) in [5, 5.41) is 13.8. The van der Waals surface area contributed by atoms with Crippen molar-refractivity contribution < 1.29 is 14.5 Å². The number of benzene rings is 1. The molecule has 2 heterocycles. The molecule has 0 radical (unpaired) electrons. The number of anilines is 1. The highest BCUT2D eigenvalue weighted by atomic mass is 35.5. The lowest BCUT2D eigenvalue weighted by Gasteiger charge is -2.29. The van der Waals surface area contributed by atoms with E-state index in [0.29, 0.717) is 0 Å². The molecule has 27 heavy (non-hydrogen) atoms. The van der Waals surface area contributed by atoms with Crippen LogP contribution in [0.4, 0.5) is 11.4 Å². The third-order valence-corrected chi connectivity index (χ3v) is 4.51. The second-order valence-corrected chi connectivity index (χ2v) is 6.22. The van der Waals surface area contributed by atoms with E-state index < -0.39 is 27.6 Å². The van der Waals surface area contributed by atoms with Gasteiger partial charge >= 0.3 is 0 Å². The van der Waals surface area contributed by atoms with Gasteiger partial charge in [0.2, 0.25) is 0 Å². The van der Waals surface area contributed by atoms with E-state index >= 15 is 0 Å². The molecule has 0 bridgehead atoms. The first kappa shape index (κ1) is 18.5. The van der Waals surface area contributed by atoms with Crippen molar-refractivity contribution in [2.24, 2.45) is 0 Å². The Kier molecular flexibility index (Phi) is 4.63. The average molecular weight is 389 g/mol. The Bertz CT molecular complexity index is 1060. The second kappa shape index (κ2) is 6.76. The first-order valence-corrected chi connectivity index (χ1v) is 8.18. The van der Waals surface area contributed by atoms with Gasteiger partial charge in [-0.25, -0.2) is 4.68 Å². The van der Waals surface area contributed by atoms with Crippen molar-refractivity contribution in [3.05, 3.63) is 63.0 Å². The molecule has 1 aromatic heterocycles. The van der Waals surface area contributed by atoms with Gasteiger partial charge in [-0.2, -0.15) is 5.10 Å². The predicted octanol–water partition coefficient (Wildman–Crippen LogP) is 1.77. The van der Waals surface area contributed by atoms with E-state index in [4.69, 9.17) is 11.6 Å². The van der Waals surface area contributed by atoms with Gasteiger partial charge in [-0.15, -0.1) is 18.2 Å². The van der Waals surface area contributed by atoms with Crippen LogP contribution in [0, 0.1) is 10.1 Å². The lowest BCUT2D eigenvalue weighted by molar-refractivity contribution is -0.384. The minimum atomic E-state index is -1.52. The summed E-state index contributed by atoms with van der Waals surface area (Å²) in [5.41, 5.74) is -0.852. The van der Waals surface area contributed by atoms with Crippen LogP contribution in [0.15, 0.2) is 41.7 Å². The average Bonchev–Trinajstić information content (AvgIpc) is 2.66. The third-order valence-electron chi connectivity index (χ3n) is 4.12. The topological polar surface area (TPSA) is 115 Å². The Balaban J connectivity index is 2.40. The van der Waals surface area contributed by atoms with E-state index in [1.165, 1.54) is 37.4 Å². The van der Waals surface area contributed by atoms with Crippen LogP contribution in [0.3, 0.4) is 0 Å². The van der Waals surface area contributed by atoms with Crippen LogP contribution in [0.25, 0.3) is 11.3 Å². The van der Waals surface area contributed by atoms with Gasteiger partial charge in [0.05, 0.1) is 17.2 Å². The Morgan fingerprint density at radius 2 is 2.07 bits per heavy atom. The number of Topliss-reactive ketones (excluding diaryl/α,β-unsaturated/α-hetero) is 1. The molecule has 10 heteroatoms. The molecule has 1 aromatic carbocycles. The highest BCUT2D eigenvalue weighted by Crippen LogP contribution is 2.36. The fraction of sp³-hybridized carbons (Fsp3) is 0.176. The van der Waals surface area contributed by atoms with E-state index in [0.717, 1.165) is 9.58 Å². The van der Waals surface area contributed by atoms with Gasteiger partial charge in [0.1, 0.15) is 11.3 Å². The van der Waals surface area contributed by atoms with Gasteiger partial charge < -0.3 is 4.90 Å². The van der Waals surface area contributed by atoms with Crippen molar-refractivity contribution in [3.63, 3.8) is 0 Å². The lowest BCUT2D eigenvalue weighted by Crippen LogP contribution is -2.48. The fourth-order valence-corrected chi connectivity index (χ4v) is 3.09. The minimum absolute atomic E-state index is 0.00589. The van der Waals surface area contributed by atoms with Gasteiger partial charge in [-0.3, -0.25) is 24.5 Å². The number of rotatable bonds is 4. The number of allylic oxidation sites excluding steroid dienone is 1. The van der Waals surface area contributed by atoms with E-state index in [-0.39, 0.29) is 34.7 Å².